The Kier molecular flexibility index (Phi) is 7.72. The van der Waals surface area contributed by atoms with Crippen molar-refractivity contribution in [1.82, 2.24) is 0 Å². The van der Waals surface area contributed by atoms with E-state index in [2.05, 4.69) is 5.32 Å². The number of ether oxygens (including phenoxy) is 1. The number of rotatable bonds is 5. The Morgan fingerprint density at radius 3 is 2.95 bits per heavy atom. The molecule has 3 N–H and O–H groups in total. The molecule has 2 atom stereocenters. The molecule has 1 amide bonds. The summed E-state index contributed by atoms with van der Waals surface area (Å²) in [4.78, 5) is 12.2. The highest BCUT2D eigenvalue weighted by molar-refractivity contribution is 5.92. The summed E-state index contributed by atoms with van der Waals surface area (Å²) in [5.74, 6) is 0.142. The van der Waals surface area contributed by atoms with E-state index in [1.165, 1.54) is 0 Å². The fourth-order valence-corrected chi connectivity index (χ4v) is 2.67. The molecule has 1 aromatic rings. The van der Waals surface area contributed by atoms with Crippen molar-refractivity contribution in [2.75, 3.05) is 11.9 Å². The van der Waals surface area contributed by atoms with E-state index in [-0.39, 0.29) is 30.3 Å². The third-order valence-corrected chi connectivity index (χ3v) is 3.75. The lowest BCUT2D eigenvalue weighted by Gasteiger charge is -2.25. The molecule has 0 bridgehead atoms. The van der Waals surface area contributed by atoms with E-state index in [9.17, 15) is 4.79 Å². The molecular formula is C16H25ClN2O2. The van der Waals surface area contributed by atoms with Crippen LogP contribution in [0.2, 0.25) is 0 Å². The topological polar surface area (TPSA) is 64.3 Å². The number of amides is 1. The number of carbonyl (C=O) groups excluding carboxylic acids is 1. The Morgan fingerprint density at radius 2 is 2.24 bits per heavy atom. The largest absolute Gasteiger partial charge is 0.377 e. The second kappa shape index (κ2) is 9.03. The first-order valence-electron chi connectivity index (χ1n) is 7.42. The van der Waals surface area contributed by atoms with Crippen LogP contribution in [0, 0.1) is 5.92 Å². The summed E-state index contributed by atoms with van der Waals surface area (Å²) in [5, 5.41) is 3.00. The molecule has 1 aromatic carbocycles. The van der Waals surface area contributed by atoms with Crippen LogP contribution in [0.15, 0.2) is 24.3 Å². The van der Waals surface area contributed by atoms with Crippen LogP contribution >= 0.6 is 12.4 Å². The molecule has 21 heavy (non-hydrogen) atoms. The van der Waals surface area contributed by atoms with Crippen LogP contribution in [0.5, 0.6) is 0 Å². The normalized spacial score (nSPS) is 21.4. The average molecular weight is 313 g/mol. The van der Waals surface area contributed by atoms with Crippen LogP contribution < -0.4 is 11.1 Å². The van der Waals surface area contributed by atoms with Crippen LogP contribution in [0.3, 0.4) is 0 Å². The maximum atomic E-state index is 12.2. The monoisotopic (exact) mass is 312 g/mol. The van der Waals surface area contributed by atoms with E-state index in [1.807, 2.05) is 31.2 Å². The van der Waals surface area contributed by atoms with Gasteiger partial charge in [-0.05, 0) is 43.9 Å². The Hall–Kier alpha value is -1.10. The molecular weight excluding hydrogens is 288 g/mol. The van der Waals surface area contributed by atoms with Crippen LogP contribution in [-0.4, -0.2) is 18.6 Å². The summed E-state index contributed by atoms with van der Waals surface area (Å²) in [5.41, 5.74) is 7.85. The van der Waals surface area contributed by atoms with Gasteiger partial charge in [0.1, 0.15) is 0 Å². The van der Waals surface area contributed by atoms with E-state index in [0.717, 1.165) is 36.9 Å². The highest BCUT2D eigenvalue weighted by atomic mass is 35.5. The fraction of sp³-hybridized carbons (Fsp3) is 0.562. The first-order valence-corrected chi connectivity index (χ1v) is 7.42. The summed E-state index contributed by atoms with van der Waals surface area (Å²) in [6.07, 6.45) is 3.82. The second-order valence-electron chi connectivity index (χ2n) is 5.45. The summed E-state index contributed by atoms with van der Waals surface area (Å²) in [7, 11) is 0. The SMILES string of the molecule is CCOCc1cccc(NC(=O)C2CCCC(N)C2)c1.Cl. The summed E-state index contributed by atoms with van der Waals surface area (Å²) < 4.78 is 5.38. The van der Waals surface area contributed by atoms with Gasteiger partial charge in [0.05, 0.1) is 6.61 Å². The molecule has 2 rings (SSSR count). The summed E-state index contributed by atoms with van der Waals surface area (Å²) in [6, 6.07) is 7.99. The number of hydrogen-bond acceptors (Lipinski definition) is 3. The highest BCUT2D eigenvalue weighted by Crippen LogP contribution is 2.24. The quantitative estimate of drug-likeness (QED) is 0.878. The van der Waals surface area contributed by atoms with Crippen LogP contribution in [0.4, 0.5) is 5.69 Å². The van der Waals surface area contributed by atoms with Gasteiger partial charge in [-0.2, -0.15) is 0 Å². The van der Waals surface area contributed by atoms with Gasteiger partial charge in [0, 0.05) is 24.3 Å². The predicted molar refractivity (Wildman–Crippen MR) is 87.6 cm³/mol. The number of nitrogens with one attached hydrogen (secondary N) is 1. The van der Waals surface area contributed by atoms with Crippen molar-refractivity contribution in [2.24, 2.45) is 11.7 Å². The molecule has 1 saturated carbocycles. The van der Waals surface area contributed by atoms with Gasteiger partial charge in [0.15, 0.2) is 0 Å². The zero-order valence-corrected chi connectivity index (χ0v) is 13.3. The molecule has 0 saturated heterocycles. The molecule has 1 aliphatic carbocycles. The van der Waals surface area contributed by atoms with E-state index in [1.54, 1.807) is 0 Å². The molecule has 118 valence electrons. The number of nitrogens with two attached hydrogens (primary N) is 1. The van der Waals surface area contributed by atoms with Gasteiger partial charge in [-0.3, -0.25) is 4.79 Å². The third kappa shape index (κ3) is 5.65. The lowest BCUT2D eigenvalue weighted by atomic mass is 9.85. The Morgan fingerprint density at radius 1 is 1.43 bits per heavy atom. The molecule has 0 aromatic heterocycles. The van der Waals surface area contributed by atoms with Crippen molar-refractivity contribution in [2.45, 2.75) is 45.3 Å². The van der Waals surface area contributed by atoms with Crippen molar-refractivity contribution in [1.29, 1.82) is 0 Å². The predicted octanol–water partition coefficient (Wildman–Crippen LogP) is 3.10. The van der Waals surface area contributed by atoms with Crippen LogP contribution in [-0.2, 0) is 16.1 Å². The lowest BCUT2D eigenvalue weighted by molar-refractivity contribution is -0.120. The molecule has 5 heteroatoms. The zero-order valence-electron chi connectivity index (χ0n) is 12.5. The van der Waals surface area contributed by atoms with Crippen molar-refractivity contribution < 1.29 is 9.53 Å². The minimum Gasteiger partial charge on any atom is -0.377 e. The third-order valence-electron chi connectivity index (χ3n) is 3.75. The second-order valence-corrected chi connectivity index (χ2v) is 5.45. The highest BCUT2D eigenvalue weighted by Gasteiger charge is 2.25. The Balaban J connectivity index is 0.00000220. The first-order chi connectivity index (χ1) is 9.69. The average Bonchev–Trinajstić information content (AvgIpc) is 2.45. The van der Waals surface area contributed by atoms with E-state index in [0.29, 0.717) is 13.2 Å². The maximum Gasteiger partial charge on any atom is 0.227 e. The van der Waals surface area contributed by atoms with Gasteiger partial charge >= 0.3 is 0 Å². The van der Waals surface area contributed by atoms with Gasteiger partial charge in [0.2, 0.25) is 5.91 Å². The number of halogens is 1. The number of anilines is 1. The van der Waals surface area contributed by atoms with Gasteiger partial charge in [-0.25, -0.2) is 0 Å². The van der Waals surface area contributed by atoms with Gasteiger partial charge in [0.25, 0.3) is 0 Å². The van der Waals surface area contributed by atoms with Crippen molar-refractivity contribution in [3.05, 3.63) is 29.8 Å². The molecule has 0 spiro atoms. The summed E-state index contributed by atoms with van der Waals surface area (Å²) in [6.45, 7) is 3.24. The van der Waals surface area contributed by atoms with E-state index >= 15 is 0 Å². The van der Waals surface area contributed by atoms with E-state index in [4.69, 9.17) is 10.5 Å². The minimum atomic E-state index is 0. The summed E-state index contributed by atoms with van der Waals surface area (Å²) >= 11 is 0. The van der Waals surface area contributed by atoms with Crippen LogP contribution in [0.25, 0.3) is 0 Å². The zero-order chi connectivity index (χ0) is 14.4. The lowest BCUT2D eigenvalue weighted by Crippen LogP contribution is -2.34. The molecule has 0 radical (unpaired) electrons. The molecule has 0 heterocycles. The standard InChI is InChI=1S/C16H24N2O2.ClH/c1-2-20-11-12-5-3-8-15(9-12)18-16(19)13-6-4-7-14(17)10-13;/h3,5,8-9,13-14H,2,4,6-7,10-11,17H2,1H3,(H,18,19);1H. The molecule has 2 unspecified atom stereocenters. The van der Waals surface area contributed by atoms with Gasteiger partial charge in [-0.1, -0.05) is 18.6 Å². The van der Waals surface area contributed by atoms with Crippen molar-refractivity contribution in [3.8, 4) is 0 Å². The molecule has 0 aliphatic heterocycles. The van der Waals surface area contributed by atoms with Gasteiger partial charge < -0.3 is 15.8 Å². The Labute approximate surface area is 132 Å². The van der Waals surface area contributed by atoms with Crippen molar-refractivity contribution in [3.63, 3.8) is 0 Å². The molecule has 1 fully saturated rings. The van der Waals surface area contributed by atoms with Gasteiger partial charge in [-0.15, -0.1) is 12.4 Å². The first kappa shape index (κ1) is 18.0. The smallest absolute Gasteiger partial charge is 0.227 e. The van der Waals surface area contributed by atoms with Crippen molar-refractivity contribution >= 4 is 24.0 Å². The van der Waals surface area contributed by atoms with Crippen LogP contribution in [0.1, 0.15) is 38.2 Å². The maximum absolute atomic E-state index is 12.2. The number of benzene rings is 1. The molecule has 1 aliphatic rings. The fourth-order valence-electron chi connectivity index (χ4n) is 2.67. The number of hydrogen-bond donors (Lipinski definition) is 2. The molecule has 4 nitrogen and oxygen atoms in total. The number of carbonyl (C=O) groups is 1. The Bertz CT molecular complexity index is 454. The van der Waals surface area contributed by atoms with E-state index < -0.39 is 0 Å². The minimum absolute atomic E-state index is 0.